The number of aromatic nitrogens is 4. The molecule has 0 bridgehead atoms. The van der Waals surface area contributed by atoms with Crippen LogP contribution in [0, 0.1) is 6.92 Å². The Bertz CT molecular complexity index is 1100. The number of hydrogen-bond donors (Lipinski definition) is 1. The summed E-state index contributed by atoms with van der Waals surface area (Å²) in [6.07, 6.45) is 5.58. The van der Waals surface area contributed by atoms with Crippen LogP contribution in [-0.2, 0) is 7.05 Å². The standard InChI is InChI=1S/C21H19N5O/c1-15-8-9-17(13-19(15)26-10-3-4-11-26)21(27)23-18-7-5-6-16(12-18)20-24-22-14-25(20)2/h3-14H,1-2H3,(H,23,27). The maximum absolute atomic E-state index is 12.8. The van der Waals surface area contributed by atoms with E-state index in [4.69, 9.17) is 0 Å². The number of hydrogen-bond acceptors (Lipinski definition) is 3. The molecule has 1 amide bonds. The predicted octanol–water partition coefficient (Wildman–Crippen LogP) is 3.83. The van der Waals surface area contributed by atoms with Gasteiger partial charge in [-0.1, -0.05) is 18.2 Å². The molecule has 0 spiro atoms. The third kappa shape index (κ3) is 3.37. The minimum atomic E-state index is -0.154. The molecule has 2 heterocycles. The Morgan fingerprint density at radius 3 is 2.59 bits per heavy atom. The zero-order valence-electron chi connectivity index (χ0n) is 15.1. The first-order valence-electron chi connectivity index (χ1n) is 8.61. The van der Waals surface area contributed by atoms with Gasteiger partial charge in [0.05, 0.1) is 0 Å². The molecule has 0 saturated carbocycles. The van der Waals surface area contributed by atoms with E-state index in [2.05, 4.69) is 15.5 Å². The molecule has 0 aliphatic carbocycles. The normalized spacial score (nSPS) is 10.7. The van der Waals surface area contributed by atoms with Crippen LogP contribution in [0.4, 0.5) is 5.69 Å². The molecule has 6 heteroatoms. The second kappa shape index (κ2) is 6.92. The average Bonchev–Trinajstić information content (AvgIpc) is 3.34. The molecule has 4 rings (SSSR count). The predicted molar refractivity (Wildman–Crippen MR) is 105 cm³/mol. The first kappa shape index (κ1) is 16.8. The molecule has 27 heavy (non-hydrogen) atoms. The molecule has 134 valence electrons. The highest BCUT2D eigenvalue weighted by Gasteiger charge is 2.11. The highest BCUT2D eigenvalue weighted by atomic mass is 16.1. The molecule has 6 nitrogen and oxygen atoms in total. The number of benzene rings is 2. The lowest BCUT2D eigenvalue weighted by atomic mass is 10.1. The topological polar surface area (TPSA) is 64.7 Å². The summed E-state index contributed by atoms with van der Waals surface area (Å²) >= 11 is 0. The molecule has 0 aliphatic rings. The lowest BCUT2D eigenvalue weighted by Gasteiger charge is -2.11. The minimum absolute atomic E-state index is 0.154. The van der Waals surface area contributed by atoms with Crippen LogP contribution in [0.5, 0.6) is 0 Å². The van der Waals surface area contributed by atoms with E-state index in [0.29, 0.717) is 11.3 Å². The van der Waals surface area contributed by atoms with Crippen molar-refractivity contribution in [3.63, 3.8) is 0 Å². The number of amides is 1. The van der Waals surface area contributed by atoms with Crippen LogP contribution in [0.3, 0.4) is 0 Å². The van der Waals surface area contributed by atoms with Gasteiger partial charge in [-0.05, 0) is 48.9 Å². The fourth-order valence-corrected chi connectivity index (χ4v) is 3.01. The van der Waals surface area contributed by atoms with Crippen LogP contribution >= 0.6 is 0 Å². The van der Waals surface area contributed by atoms with Crippen LogP contribution < -0.4 is 5.32 Å². The van der Waals surface area contributed by atoms with E-state index in [1.54, 1.807) is 6.33 Å². The van der Waals surface area contributed by atoms with E-state index < -0.39 is 0 Å². The van der Waals surface area contributed by atoms with E-state index in [-0.39, 0.29) is 5.91 Å². The van der Waals surface area contributed by atoms with Crippen LogP contribution in [0.2, 0.25) is 0 Å². The number of nitrogens with one attached hydrogen (secondary N) is 1. The second-order valence-corrected chi connectivity index (χ2v) is 6.39. The Morgan fingerprint density at radius 1 is 1.04 bits per heavy atom. The number of rotatable bonds is 4. The summed E-state index contributed by atoms with van der Waals surface area (Å²) in [6, 6.07) is 17.2. The Kier molecular flexibility index (Phi) is 4.30. The first-order valence-corrected chi connectivity index (χ1v) is 8.61. The third-order valence-electron chi connectivity index (χ3n) is 4.44. The van der Waals surface area contributed by atoms with Crippen LogP contribution in [0.1, 0.15) is 15.9 Å². The van der Waals surface area contributed by atoms with E-state index >= 15 is 0 Å². The van der Waals surface area contributed by atoms with Crippen molar-refractivity contribution in [3.8, 4) is 17.1 Å². The van der Waals surface area contributed by atoms with Crippen molar-refractivity contribution >= 4 is 11.6 Å². The van der Waals surface area contributed by atoms with Gasteiger partial charge in [-0.25, -0.2) is 0 Å². The van der Waals surface area contributed by atoms with Gasteiger partial charge in [0.25, 0.3) is 5.91 Å². The lowest BCUT2D eigenvalue weighted by molar-refractivity contribution is 0.102. The molecule has 2 aromatic carbocycles. The van der Waals surface area contributed by atoms with Crippen molar-refractivity contribution in [3.05, 3.63) is 84.4 Å². The summed E-state index contributed by atoms with van der Waals surface area (Å²) in [5.41, 5.74) is 4.30. The van der Waals surface area contributed by atoms with Gasteiger partial charge in [-0.3, -0.25) is 4.79 Å². The molecule has 0 atom stereocenters. The molecule has 0 saturated heterocycles. The molecule has 0 aliphatic heterocycles. The quantitative estimate of drug-likeness (QED) is 0.604. The molecule has 0 unspecified atom stereocenters. The van der Waals surface area contributed by atoms with E-state index in [0.717, 1.165) is 22.6 Å². The van der Waals surface area contributed by atoms with Crippen LogP contribution in [-0.4, -0.2) is 25.2 Å². The lowest BCUT2D eigenvalue weighted by Crippen LogP contribution is -2.12. The number of nitrogens with zero attached hydrogens (tertiary/aromatic N) is 4. The first-order chi connectivity index (χ1) is 13.1. The molecule has 1 N–H and O–H groups in total. The van der Waals surface area contributed by atoms with Gasteiger partial charge >= 0.3 is 0 Å². The number of carbonyl (C=O) groups is 1. The van der Waals surface area contributed by atoms with E-state index in [1.807, 2.05) is 90.1 Å². The molecular weight excluding hydrogens is 338 g/mol. The monoisotopic (exact) mass is 357 g/mol. The molecule has 4 aromatic rings. The van der Waals surface area contributed by atoms with Crippen molar-refractivity contribution in [2.24, 2.45) is 7.05 Å². The maximum atomic E-state index is 12.8. The molecular formula is C21H19N5O. The zero-order chi connectivity index (χ0) is 18.8. The fourth-order valence-electron chi connectivity index (χ4n) is 3.01. The largest absolute Gasteiger partial charge is 0.324 e. The zero-order valence-corrected chi connectivity index (χ0v) is 15.1. The van der Waals surface area contributed by atoms with Gasteiger partial charge in [0.1, 0.15) is 6.33 Å². The fraction of sp³-hybridized carbons (Fsp3) is 0.0952. The van der Waals surface area contributed by atoms with Gasteiger partial charge in [0, 0.05) is 41.9 Å². The Labute approximate surface area is 157 Å². The average molecular weight is 357 g/mol. The highest BCUT2D eigenvalue weighted by molar-refractivity contribution is 6.04. The van der Waals surface area contributed by atoms with Crippen molar-refractivity contribution in [1.82, 2.24) is 19.3 Å². The number of aryl methyl sites for hydroxylation is 2. The van der Waals surface area contributed by atoms with Crippen molar-refractivity contribution in [2.45, 2.75) is 6.92 Å². The second-order valence-electron chi connectivity index (χ2n) is 6.39. The summed E-state index contributed by atoms with van der Waals surface area (Å²) < 4.78 is 3.84. The van der Waals surface area contributed by atoms with Gasteiger partial charge < -0.3 is 14.5 Å². The molecule has 2 aromatic heterocycles. The van der Waals surface area contributed by atoms with Crippen molar-refractivity contribution < 1.29 is 4.79 Å². The van der Waals surface area contributed by atoms with Gasteiger partial charge in [-0.2, -0.15) is 0 Å². The number of anilines is 1. The van der Waals surface area contributed by atoms with Gasteiger partial charge in [0.2, 0.25) is 0 Å². The smallest absolute Gasteiger partial charge is 0.255 e. The summed E-state index contributed by atoms with van der Waals surface area (Å²) in [7, 11) is 1.88. The summed E-state index contributed by atoms with van der Waals surface area (Å²) in [4.78, 5) is 12.8. The number of carbonyl (C=O) groups excluding carboxylic acids is 1. The Hall–Kier alpha value is -3.67. The van der Waals surface area contributed by atoms with Crippen molar-refractivity contribution in [2.75, 3.05) is 5.32 Å². The summed E-state index contributed by atoms with van der Waals surface area (Å²) in [5.74, 6) is 0.592. The summed E-state index contributed by atoms with van der Waals surface area (Å²) in [6.45, 7) is 2.03. The highest BCUT2D eigenvalue weighted by Crippen LogP contribution is 2.22. The van der Waals surface area contributed by atoms with E-state index in [1.165, 1.54) is 0 Å². The third-order valence-corrected chi connectivity index (χ3v) is 4.44. The SMILES string of the molecule is Cc1ccc(C(=O)Nc2cccc(-c3nncn3C)c2)cc1-n1cccc1. The molecule has 0 fully saturated rings. The van der Waals surface area contributed by atoms with Crippen molar-refractivity contribution in [1.29, 1.82) is 0 Å². The van der Waals surface area contributed by atoms with Crippen LogP contribution in [0.25, 0.3) is 17.1 Å². The minimum Gasteiger partial charge on any atom is -0.324 e. The van der Waals surface area contributed by atoms with Gasteiger partial charge in [-0.15, -0.1) is 10.2 Å². The molecule has 0 radical (unpaired) electrons. The van der Waals surface area contributed by atoms with E-state index in [9.17, 15) is 4.79 Å². The van der Waals surface area contributed by atoms with Crippen LogP contribution in [0.15, 0.2) is 73.3 Å². The summed E-state index contributed by atoms with van der Waals surface area (Å²) in [5, 5.41) is 11.0. The van der Waals surface area contributed by atoms with Gasteiger partial charge in [0.15, 0.2) is 5.82 Å². The Balaban J connectivity index is 1.60. The maximum Gasteiger partial charge on any atom is 0.255 e. The Morgan fingerprint density at radius 2 is 1.85 bits per heavy atom.